The first kappa shape index (κ1) is 20.3. The standard InChI is InChI=1S/C20H18Cl2N2O4/c1-4-28-20(27)16-10(2)8-14-17(11(16)3)19(26)24(15(9-25)23-14)18-12(21)6-5-7-13(18)22/h5-8,25H,4,9H2,1-3H3. The Kier molecular flexibility index (Phi) is 5.74. The van der Waals surface area contributed by atoms with E-state index in [0.717, 1.165) is 0 Å². The van der Waals surface area contributed by atoms with Gasteiger partial charge < -0.3 is 9.84 Å². The summed E-state index contributed by atoms with van der Waals surface area (Å²) >= 11 is 12.6. The third kappa shape index (κ3) is 3.28. The summed E-state index contributed by atoms with van der Waals surface area (Å²) in [6.07, 6.45) is 0. The number of nitrogens with zero attached hydrogens (tertiary/aromatic N) is 2. The van der Waals surface area contributed by atoms with Crippen LogP contribution in [0.4, 0.5) is 0 Å². The molecule has 0 fully saturated rings. The number of aliphatic hydroxyl groups excluding tert-OH is 1. The van der Waals surface area contributed by atoms with Crippen molar-refractivity contribution >= 4 is 40.1 Å². The van der Waals surface area contributed by atoms with Crippen LogP contribution in [0.1, 0.15) is 34.2 Å². The van der Waals surface area contributed by atoms with E-state index in [-0.39, 0.29) is 33.6 Å². The molecule has 6 nitrogen and oxygen atoms in total. The predicted molar refractivity (Wildman–Crippen MR) is 109 cm³/mol. The fourth-order valence-corrected chi connectivity index (χ4v) is 3.86. The molecule has 3 rings (SSSR count). The van der Waals surface area contributed by atoms with Gasteiger partial charge in [0, 0.05) is 0 Å². The molecular formula is C20H18Cl2N2O4. The number of benzene rings is 2. The number of aryl methyl sites for hydroxylation is 2. The molecule has 0 amide bonds. The van der Waals surface area contributed by atoms with Gasteiger partial charge in [0.15, 0.2) is 0 Å². The SMILES string of the molecule is CCOC(=O)c1c(C)cc2nc(CO)n(-c3c(Cl)cccc3Cl)c(=O)c2c1C. The van der Waals surface area contributed by atoms with Gasteiger partial charge in [-0.1, -0.05) is 29.3 Å². The Bertz CT molecular complexity index is 1140. The molecule has 0 spiro atoms. The summed E-state index contributed by atoms with van der Waals surface area (Å²) in [5, 5.41) is 10.5. The van der Waals surface area contributed by atoms with Crippen LogP contribution in [-0.2, 0) is 11.3 Å². The van der Waals surface area contributed by atoms with Crippen LogP contribution in [0, 0.1) is 13.8 Å². The highest BCUT2D eigenvalue weighted by Crippen LogP contribution is 2.30. The maximum Gasteiger partial charge on any atom is 0.338 e. The minimum atomic E-state index is -0.507. The minimum Gasteiger partial charge on any atom is -0.462 e. The van der Waals surface area contributed by atoms with E-state index in [0.29, 0.717) is 22.2 Å². The number of fused-ring (bicyclic) bond motifs is 1. The fourth-order valence-electron chi connectivity index (χ4n) is 3.30. The molecule has 1 heterocycles. The molecule has 2 aromatic carbocycles. The molecule has 0 unspecified atom stereocenters. The molecule has 0 bridgehead atoms. The van der Waals surface area contributed by atoms with Crippen molar-refractivity contribution in [1.82, 2.24) is 9.55 Å². The zero-order valence-corrected chi connectivity index (χ0v) is 17.1. The van der Waals surface area contributed by atoms with Gasteiger partial charge in [-0.15, -0.1) is 0 Å². The number of hydrogen-bond acceptors (Lipinski definition) is 5. The molecule has 0 aliphatic heterocycles. The van der Waals surface area contributed by atoms with Crippen LogP contribution in [0.25, 0.3) is 16.6 Å². The molecule has 8 heteroatoms. The number of para-hydroxylation sites is 1. The molecule has 146 valence electrons. The van der Waals surface area contributed by atoms with Crippen LogP contribution in [0.15, 0.2) is 29.1 Å². The van der Waals surface area contributed by atoms with Gasteiger partial charge >= 0.3 is 5.97 Å². The number of halogens is 2. The van der Waals surface area contributed by atoms with E-state index in [2.05, 4.69) is 4.98 Å². The second-order valence-electron chi connectivity index (χ2n) is 6.21. The Hall–Kier alpha value is -2.41. The average molecular weight is 421 g/mol. The summed E-state index contributed by atoms with van der Waals surface area (Å²) in [5.41, 5.74) is 1.53. The Morgan fingerprint density at radius 3 is 2.46 bits per heavy atom. The second kappa shape index (κ2) is 7.91. The molecular weight excluding hydrogens is 403 g/mol. The maximum atomic E-state index is 13.4. The van der Waals surface area contributed by atoms with E-state index >= 15 is 0 Å². The van der Waals surface area contributed by atoms with Crippen molar-refractivity contribution in [3.8, 4) is 5.69 Å². The molecule has 0 saturated heterocycles. The van der Waals surface area contributed by atoms with Crippen LogP contribution in [0.5, 0.6) is 0 Å². The molecule has 1 aromatic heterocycles. The van der Waals surface area contributed by atoms with Gasteiger partial charge in [0.05, 0.1) is 38.8 Å². The molecule has 0 saturated carbocycles. The van der Waals surface area contributed by atoms with Gasteiger partial charge in [-0.05, 0) is 50.1 Å². The van der Waals surface area contributed by atoms with Crippen LogP contribution in [0.3, 0.4) is 0 Å². The molecule has 0 aliphatic rings. The summed E-state index contributed by atoms with van der Waals surface area (Å²) in [5.74, 6) is -0.414. The van der Waals surface area contributed by atoms with Crippen molar-refractivity contribution in [1.29, 1.82) is 0 Å². The number of carbonyl (C=O) groups excluding carboxylic acids is 1. The molecule has 28 heavy (non-hydrogen) atoms. The van der Waals surface area contributed by atoms with E-state index in [9.17, 15) is 14.7 Å². The highest BCUT2D eigenvalue weighted by Gasteiger charge is 2.22. The lowest BCUT2D eigenvalue weighted by Gasteiger charge is -2.17. The Labute approximate surface area is 171 Å². The largest absolute Gasteiger partial charge is 0.462 e. The van der Waals surface area contributed by atoms with Gasteiger partial charge in [0.25, 0.3) is 5.56 Å². The highest BCUT2D eigenvalue weighted by molar-refractivity contribution is 6.37. The van der Waals surface area contributed by atoms with Crippen molar-refractivity contribution in [2.75, 3.05) is 6.61 Å². The topological polar surface area (TPSA) is 81.4 Å². The zero-order valence-electron chi connectivity index (χ0n) is 15.5. The Morgan fingerprint density at radius 2 is 1.89 bits per heavy atom. The predicted octanol–water partition coefficient (Wildman–Crippen LogP) is 3.98. The lowest BCUT2D eigenvalue weighted by atomic mass is 9.98. The smallest absolute Gasteiger partial charge is 0.338 e. The first-order valence-electron chi connectivity index (χ1n) is 8.60. The molecule has 0 aliphatic carbocycles. The lowest BCUT2D eigenvalue weighted by molar-refractivity contribution is 0.0525. The molecule has 1 N–H and O–H groups in total. The summed E-state index contributed by atoms with van der Waals surface area (Å²) in [6.45, 7) is 4.85. The number of carbonyl (C=O) groups is 1. The minimum absolute atomic E-state index is 0.0928. The number of aromatic nitrogens is 2. The average Bonchev–Trinajstić information content (AvgIpc) is 2.62. The first-order chi connectivity index (χ1) is 13.3. The normalized spacial score (nSPS) is 11.1. The van der Waals surface area contributed by atoms with Crippen molar-refractivity contribution in [2.45, 2.75) is 27.4 Å². The van der Waals surface area contributed by atoms with Crippen molar-refractivity contribution < 1.29 is 14.6 Å². The molecule has 3 aromatic rings. The van der Waals surface area contributed by atoms with Crippen molar-refractivity contribution in [3.05, 3.63) is 67.2 Å². The number of rotatable bonds is 4. The van der Waals surface area contributed by atoms with Gasteiger partial charge in [0.2, 0.25) is 0 Å². The fraction of sp³-hybridized carbons (Fsp3) is 0.250. The third-order valence-electron chi connectivity index (χ3n) is 4.46. The van der Waals surface area contributed by atoms with Gasteiger partial charge in [-0.3, -0.25) is 9.36 Å². The Morgan fingerprint density at radius 1 is 1.25 bits per heavy atom. The summed E-state index contributed by atoms with van der Waals surface area (Å²) < 4.78 is 6.31. The lowest BCUT2D eigenvalue weighted by Crippen LogP contribution is -2.26. The summed E-state index contributed by atoms with van der Waals surface area (Å²) in [7, 11) is 0. The number of ether oxygens (including phenoxy) is 1. The number of aliphatic hydroxyl groups is 1. The maximum absolute atomic E-state index is 13.4. The van der Waals surface area contributed by atoms with Crippen LogP contribution in [0.2, 0.25) is 10.0 Å². The van der Waals surface area contributed by atoms with Gasteiger partial charge in [-0.25, -0.2) is 9.78 Å². The monoisotopic (exact) mass is 420 g/mol. The second-order valence-corrected chi connectivity index (χ2v) is 7.02. The van der Waals surface area contributed by atoms with Crippen LogP contribution >= 0.6 is 23.2 Å². The van der Waals surface area contributed by atoms with E-state index in [1.807, 2.05) is 0 Å². The summed E-state index contributed by atoms with van der Waals surface area (Å²) in [4.78, 5) is 30.2. The van der Waals surface area contributed by atoms with Crippen molar-refractivity contribution in [3.63, 3.8) is 0 Å². The van der Waals surface area contributed by atoms with E-state index in [1.165, 1.54) is 4.57 Å². The third-order valence-corrected chi connectivity index (χ3v) is 5.07. The zero-order chi connectivity index (χ0) is 20.6. The number of esters is 1. The quantitative estimate of drug-likeness (QED) is 0.645. The van der Waals surface area contributed by atoms with Crippen LogP contribution in [-0.4, -0.2) is 27.2 Å². The van der Waals surface area contributed by atoms with Gasteiger partial charge in [-0.2, -0.15) is 0 Å². The van der Waals surface area contributed by atoms with Crippen molar-refractivity contribution in [2.24, 2.45) is 0 Å². The highest BCUT2D eigenvalue weighted by atomic mass is 35.5. The molecule has 0 radical (unpaired) electrons. The van der Waals surface area contributed by atoms with Gasteiger partial charge in [0.1, 0.15) is 12.4 Å². The molecule has 0 atom stereocenters. The van der Waals surface area contributed by atoms with E-state index in [1.54, 1.807) is 45.0 Å². The Balaban J connectivity index is 2.46. The number of hydrogen-bond donors (Lipinski definition) is 1. The first-order valence-corrected chi connectivity index (χ1v) is 9.35. The van der Waals surface area contributed by atoms with E-state index < -0.39 is 18.1 Å². The van der Waals surface area contributed by atoms with Crippen LogP contribution < -0.4 is 5.56 Å². The summed E-state index contributed by atoms with van der Waals surface area (Å²) in [6, 6.07) is 6.46. The van der Waals surface area contributed by atoms with E-state index in [4.69, 9.17) is 27.9 Å².